The third-order valence-electron chi connectivity index (χ3n) is 5.08. The van der Waals surface area contributed by atoms with Crippen molar-refractivity contribution in [1.82, 2.24) is 4.57 Å². The summed E-state index contributed by atoms with van der Waals surface area (Å²) >= 11 is 3.37. The highest BCUT2D eigenvalue weighted by Gasteiger charge is 2.20. The Bertz CT molecular complexity index is 1450. The number of anilines is 2. The number of para-hydroxylation sites is 1. The van der Waals surface area contributed by atoms with Crippen molar-refractivity contribution in [2.45, 2.75) is 13.5 Å². The van der Waals surface area contributed by atoms with Gasteiger partial charge in [0.25, 0.3) is 0 Å². The minimum absolute atomic E-state index is 0.0368. The predicted molar refractivity (Wildman–Crippen MR) is 136 cm³/mol. The van der Waals surface area contributed by atoms with Crippen LogP contribution < -0.4 is 10.6 Å². The fraction of sp³-hybridized carbons (Fsp3) is 0.0800. The van der Waals surface area contributed by atoms with Gasteiger partial charge in [-0.3, -0.25) is 14.4 Å². The summed E-state index contributed by atoms with van der Waals surface area (Å²) in [4.78, 5) is 37.0. The van der Waals surface area contributed by atoms with E-state index in [9.17, 15) is 19.5 Å². The number of aryl methyl sites for hydroxylation is 1. The van der Waals surface area contributed by atoms with Crippen molar-refractivity contribution >= 4 is 61.6 Å². The number of hydrogen-bond donors (Lipinski definition) is 3. The Morgan fingerprint density at radius 2 is 1.63 bits per heavy atom. The summed E-state index contributed by atoms with van der Waals surface area (Å²) in [6.45, 7) is 1.69. The zero-order valence-electron chi connectivity index (χ0n) is 18.5. The van der Waals surface area contributed by atoms with Crippen LogP contribution in [-0.2, 0) is 20.9 Å². The van der Waals surface area contributed by atoms with Gasteiger partial charge in [-0.1, -0.05) is 51.8 Å². The highest BCUT2D eigenvalue weighted by molar-refractivity contribution is 9.10. The van der Waals surface area contributed by atoms with Crippen molar-refractivity contribution < 1.29 is 19.5 Å². The smallest absolute Gasteiger partial charge is 0.353 e. The monoisotopic (exact) mass is 533 g/mol. The van der Waals surface area contributed by atoms with Crippen molar-refractivity contribution in [1.29, 1.82) is 0 Å². The molecule has 3 amide bonds. The van der Waals surface area contributed by atoms with Crippen LogP contribution in [0.15, 0.2) is 87.5 Å². The SMILES string of the molecule is Cc1ccc(NC(=O)C(=O)N=Nc2c(O)n(CC(=O)Nc3ccccc3)c3ccc(Br)cc23)cc1. The first-order valence-electron chi connectivity index (χ1n) is 10.5. The molecule has 0 aliphatic heterocycles. The Labute approximate surface area is 208 Å². The zero-order valence-corrected chi connectivity index (χ0v) is 20.1. The molecule has 10 heteroatoms. The van der Waals surface area contributed by atoms with E-state index in [1.165, 1.54) is 4.57 Å². The summed E-state index contributed by atoms with van der Waals surface area (Å²) in [7, 11) is 0. The molecular formula is C25H20BrN5O4. The van der Waals surface area contributed by atoms with Crippen molar-refractivity contribution in [2.75, 3.05) is 10.6 Å². The molecule has 35 heavy (non-hydrogen) atoms. The molecule has 1 heterocycles. The molecule has 0 saturated carbocycles. The molecule has 3 aromatic carbocycles. The number of hydrogen-bond acceptors (Lipinski definition) is 5. The molecule has 0 saturated heterocycles. The minimum atomic E-state index is -1.14. The van der Waals surface area contributed by atoms with E-state index in [0.29, 0.717) is 26.8 Å². The number of amides is 3. The largest absolute Gasteiger partial charge is 0.493 e. The van der Waals surface area contributed by atoms with Gasteiger partial charge < -0.3 is 20.3 Å². The number of nitrogens with zero attached hydrogens (tertiary/aromatic N) is 3. The maximum Gasteiger partial charge on any atom is 0.353 e. The summed E-state index contributed by atoms with van der Waals surface area (Å²) < 4.78 is 2.04. The van der Waals surface area contributed by atoms with Gasteiger partial charge in [0.2, 0.25) is 11.8 Å². The van der Waals surface area contributed by atoms with E-state index >= 15 is 0 Å². The van der Waals surface area contributed by atoms with Crippen LogP contribution in [-0.4, -0.2) is 27.4 Å². The first kappa shape index (κ1) is 23.8. The average molecular weight is 534 g/mol. The fourth-order valence-corrected chi connectivity index (χ4v) is 3.74. The molecule has 0 aliphatic carbocycles. The van der Waals surface area contributed by atoms with Crippen LogP contribution in [0.2, 0.25) is 0 Å². The summed E-state index contributed by atoms with van der Waals surface area (Å²) in [5.74, 6) is -2.84. The Kier molecular flexibility index (Phi) is 7.02. The van der Waals surface area contributed by atoms with E-state index in [0.717, 1.165) is 5.56 Å². The normalized spacial score (nSPS) is 11.0. The van der Waals surface area contributed by atoms with Gasteiger partial charge in [-0.2, -0.15) is 0 Å². The molecule has 0 radical (unpaired) electrons. The van der Waals surface area contributed by atoms with E-state index in [-0.39, 0.29) is 24.0 Å². The van der Waals surface area contributed by atoms with E-state index < -0.39 is 11.8 Å². The number of benzene rings is 3. The van der Waals surface area contributed by atoms with Crippen molar-refractivity contribution in [3.05, 3.63) is 82.8 Å². The summed E-state index contributed by atoms with van der Waals surface area (Å²) in [6.07, 6.45) is 0. The van der Waals surface area contributed by atoms with E-state index in [1.54, 1.807) is 66.7 Å². The van der Waals surface area contributed by atoms with Gasteiger partial charge >= 0.3 is 11.8 Å². The molecule has 3 N–H and O–H groups in total. The van der Waals surface area contributed by atoms with Crippen LogP contribution in [0.1, 0.15) is 5.56 Å². The van der Waals surface area contributed by atoms with Crippen molar-refractivity contribution in [3.63, 3.8) is 0 Å². The number of carbonyl (C=O) groups is 3. The lowest BCUT2D eigenvalue weighted by molar-refractivity contribution is -0.134. The van der Waals surface area contributed by atoms with E-state index in [4.69, 9.17) is 0 Å². The lowest BCUT2D eigenvalue weighted by atomic mass is 10.2. The lowest BCUT2D eigenvalue weighted by Gasteiger charge is -2.08. The van der Waals surface area contributed by atoms with E-state index in [2.05, 4.69) is 36.8 Å². The summed E-state index contributed by atoms with van der Waals surface area (Å²) in [5, 5.41) is 23.8. The van der Waals surface area contributed by atoms with Crippen LogP contribution in [0.3, 0.4) is 0 Å². The molecule has 176 valence electrons. The molecule has 4 aromatic rings. The van der Waals surface area contributed by atoms with Gasteiger partial charge in [-0.05, 0) is 49.4 Å². The second kappa shape index (κ2) is 10.3. The quantitative estimate of drug-likeness (QED) is 0.237. The second-order valence-corrected chi connectivity index (χ2v) is 8.58. The number of aromatic hydroxyl groups is 1. The molecule has 1 aromatic heterocycles. The molecular weight excluding hydrogens is 514 g/mol. The number of azo groups is 1. The maximum atomic E-state index is 12.6. The Balaban J connectivity index is 1.58. The predicted octanol–water partition coefficient (Wildman–Crippen LogP) is 5.31. The molecule has 9 nitrogen and oxygen atoms in total. The minimum Gasteiger partial charge on any atom is -0.493 e. The van der Waals surface area contributed by atoms with Gasteiger partial charge in [-0.25, -0.2) is 0 Å². The first-order chi connectivity index (χ1) is 16.8. The average Bonchev–Trinajstić information content (AvgIpc) is 3.09. The van der Waals surface area contributed by atoms with Crippen molar-refractivity contribution in [2.24, 2.45) is 10.2 Å². The lowest BCUT2D eigenvalue weighted by Crippen LogP contribution is -2.20. The third-order valence-corrected chi connectivity index (χ3v) is 5.57. The molecule has 0 unspecified atom stereocenters. The summed E-state index contributed by atoms with van der Waals surface area (Å²) in [6, 6.07) is 20.9. The van der Waals surface area contributed by atoms with E-state index in [1.807, 2.05) is 13.0 Å². The highest BCUT2D eigenvalue weighted by atomic mass is 79.9. The first-order valence-corrected chi connectivity index (χ1v) is 11.3. The second-order valence-electron chi connectivity index (χ2n) is 7.66. The molecule has 0 bridgehead atoms. The van der Waals surface area contributed by atoms with Crippen LogP contribution in [0.5, 0.6) is 5.88 Å². The number of halogens is 1. The molecule has 0 spiro atoms. The maximum absolute atomic E-state index is 12.6. The Morgan fingerprint density at radius 1 is 0.943 bits per heavy atom. The van der Waals surface area contributed by atoms with Crippen LogP contribution in [0, 0.1) is 6.92 Å². The number of fused-ring (bicyclic) bond motifs is 1. The molecule has 4 rings (SSSR count). The van der Waals surface area contributed by atoms with Crippen LogP contribution in [0.4, 0.5) is 17.1 Å². The number of aromatic nitrogens is 1. The van der Waals surface area contributed by atoms with Gasteiger partial charge in [0.15, 0.2) is 5.69 Å². The standard InChI is InChI=1S/C25H20BrN5O4/c1-15-7-10-18(11-8-15)28-23(33)24(34)30-29-22-19-13-16(26)9-12-20(19)31(25(22)35)14-21(32)27-17-5-3-2-4-6-17/h2-13,35H,14H2,1H3,(H,27,32)(H,28,33). The van der Waals surface area contributed by atoms with Gasteiger partial charge in [0.1, 0.15) is 6.54 Å². The fourth-order valence-electron chi connectivity index (χ4n) is 3.38. The Hall–Kier alpha value is -4.31. The topological polar surface area (TPSA) is 125 Å². The van der Waals surface area contributed by atoms with Crippen LogP contribution in [0.25, 0.3) is 10.9 Å². The Morgan fingerprint density at radius 3 is 2.34 bits per heavy atom. The number of nitrogens with one attached hydrogen (secondary N) is 2. The van der Waals surface area contributed by atoms with Crippen molar-refractivity contribution in [3.8, 4) is 5.88 Å². The third kappa shape index (κ3) is 5.61. The zero-order chi connectivity index (χ0) is 24.9. The van der Waals surface area contributed by atoms with Gasteiger partial charge in [0, 0.05) is 21.2 Å². The number of rotatable bonds is 5. The summed E-state index contributed by atoms with van der Waals surface area (Å²) in [5.41, 5.74) is 2.52. The number of carbonyl (C=O) groups excluding carboxylic acids is 3. The molecule has 0 aliphatic rings. The molecule has 0 fully saturated rings. The molecule has 0 atom stereocenters. The highest BCUT2D eigenvalue weighted by Crippen LogP contribution is 2.40. The van der Waals surface area contributed by atoms with Gasteiger partial charge in [0.05, 0.1) is 5.52 Å². The van der Waals surface area contributed by atoms with Crippen LogP contribution >= 0.6 is 15.9 Å². The van der Waals surface area contributed by atoms with Gasteiger partial charge in [-0.15, -0.1) is 10.2 Å².